The van der Waals surface area contributed by atoms with Gasteiger partial charge in [0.15, 0.2) is 5.13 Å². The fourth-order valence-electron chi connectivity index (χ4n) is 6.33. The standard InChI is InChI=1S/C32H41N3O3S/c1-22-18-26(12-15-30(22)38-2)24-10-8-23(9-11-24)20-35(32-33-16-17-39-32)21-27-19-28(13-14-29(27)36)34-31(37)25-6-4-3-5-7-25/h12-19,23-25,36H,3-11,20-21H2,1-2H3,(H,34,37). The van der Waals surface area contributed by atoms with Crippen molar-refractivity contribution in [2.45, 2.75) is 77.2 Å². The Kier molecular flexibility index (Phi) is 9.07. The lowest BCUT2D eigenvalue weighted by molar-refractivity contribution is -0.120. The van der Waals surface area contributed by atoms with E-state index in [0.717, 1.165) is 54.4 Å². The summed E-state index contributed by atoms with van der Waals surface area (Å²) in [6.07, 6.45) is 11.9. The minimum atomic E-state index is 0.0970. The van der Waals surface area contributed by atoms with Gasteiger partial charge in [-0.15, -0.1) is 11.3 Å². The molecular weight excluding hydrogens is 506 g/mol. The number of methoxy groups -OCH3 is 1. The molecule has 0 spiro atoms. The number of nitrogens with one attached hydrogen (secondary N) is 1. The van der Waals surface area contributed by atoms with Gasteiger partial charge in [-0.05, 0) is 92.7 Å². The number of aromatic hydroxyl groups is 1. The Bertz CT molecular complexity index is 1230. The second kappa shape index (κ2) is 12.9. The summed E-state index contributed by atoms with van der Waals surface area (Å²) in [6.45, 7) is 3.58. The summed E-state index contributed by atoms with van der Waals surface area (Å²) < 4.78 is 5.45. The Labute approximate surface area is 236 Å². The van der Waals surface area contributed by atoms with Crippen molar-refractivity contribution in [3.05, 3.63) is 64.7 Å². The zero-order valence-corrected chi connectivity index (χ0v) is 24.0. The monoisotopic (exact) mass is 547 g/mol. The van der Waals surface area contributed by atoms with Gasteiger partial charge in [0.05, 0.1) is 7.11 Å². The van der Waals surface area contributed by atoms with Crippen LogP contribution in [0.1, 0.15) is 80.4 Å². The highest BCUT2D eigenvalue weighted by molar-refractivity contribution is 7.13. The first-order chi connectivity index (χ1) is 19.0. The van der Waals surface area contributed by atoms with E-state index in [1.165, 1.54) is 43.2 Å². The highest BCUT2D eigenvalue weighted by Gasteiger charge is 2.26. The normalized spacial score (nSPS) is 19.9. The van der Waals surface area contributed by atoms with Crippen molar-refractivity contribution in [1.29, 1.82) is 0 Å². The molecule has 2 fully saturated rings. The maximum Gasteiger partial charge on any atom is 0.227 e. The van der Waals surface area contributed by atoms with E-state index in [-0.39, 0.29) is 17.6 Å². The van der Waals surface area contributed by atoms with Crippen LogP contribution in [0.2, 0.25) is 0 Å². The fourth-order valence-corrected chi connectivity index (χ4v) is 6.99. The number of hydrogen-bond donors (Lipinski definition) is 2. The Hall–Kier alpha value is -3.06. The number of carbonyl (C=O) groups is 1. The molecule has 0 bridgehead atoms. The summed E-state index contributed by atoms with van der Waals surface area (Å²) in [5.41, 5.74) is 4.19. The predicted octanol–water partition coefficient (Wildman–Crippen LogP) is 7.67. The number of hydrogen-bond acceptors (Lipinski definition) is 6. The molecule has 2 aromatic carbocycles. The quantitative estimate of drug-likeness (QED) is 0.269. The number of aryl methyl sites for hydroxylation is 1. The molecule has 1 amide bonds. The first-order valence-electron chi connectivity index (χ1n) is 14.4. The van der Waals surface area contributed by atoms with Crippen molar-refractivity contribution in [2.75, 3.05) is 23.9 Å². The molecule has 2 aliphatic carbocycles. The van der Waals surface area contributed by atoms with Crippen molar-refractivity contribution in [3.8, 4) is 11.5 Å². The number of phenols is 1. The van der Waals surface area contributed by atoms with Crippen molar-refractivity contribution in [1.82, 2.24) is 4.98 Å². The minimum Gasteiger partial charge on any atom is -0.508 e. The van der Waals surface area contributed by atoms with Crippen LogP contribution in [0.25, 0.3) is 0 Å². The second-order valence-electron chi connectivity index (χ2n) is 11.3. The van der Waals surface area contributed by atoms with Crippen molar-refractivity contribution in [3.63, 3.8) is 0 Å². The van der Waals surface area contributed by atoms with Crippen LogP contribution in [0.15, 0.2) is 48.0 Å². The molecule has 1 heterocycles. The van der Waals surface area contributed by atoms with Crippen LogP contribution in [0.5, 0.6) is 11.5 Å². The summed E-state index contributed by atoms with van der Waals surface area (Å²) in [4.78, 5) is 19.7. The zero-order chi connectivity index (χ0) is 27.2. The molecule has 3 aromatic rings. The molecule has 0 saturated heterocycles. The van der Waals surface area contributed by atoms with E-state index in [1.54, 1.807) is 30.6 Å². The maximum atomic E-state index is 12.8. The Morgan fingerprint density at radius 3 is 2.56 bits per heavy atom. The Balaban J connectivity index is 1.23. The van der Waals surface area contributed by atoms with Gasteiger partial charge in [0, 0.05) is 41.8 Å². The Morgan fingerprint density at radius 1 is 1.08 bits per heavy atom. The zero-order valence-electron chi connectivity index (χ0n) is 23.2. The number of thiazole rings is 1. The van der Waals surface area contributed by atoms with E-state index in [4.69, 9.17) is 4.74 Å². The molecule has 2 N–H and O–H groups in total. The number of benzene rings is 2. The largest absolute Gasteiger partial charge is 0.508 e. The smallest absolute Gasteiger partial charge is 0.227 e. The van der Waals surface area contributed by atoms with Gasteiger partial charge in [-0.25, -0.2) is 4.98 Å². The Morgan fingerprint density at radius 2 is 1.87 bits per heavy atom. The van der Waals surface area contributed by atoms with Crippen molar-refractivity contribution < 1.29 is 14.6 Å². The van der Waals surface area contributed by atoms with Crippen LogP contribution in [-0.2, 0) is 11.3 Å². The first-order valence-corrected chi connectivity index (χ1v) is 15.3. The molecule has 2 aliphatic rings. The number of rotatable bonds is 9. The number of phenolic OH excluding ortho intramolecular Hbond substituents is 1. The number of anilines is 2. The number of aromatic nitrogens is 1. The number of nitrogens with zero attached hydrogens (tertiary/aromatic N) is 2. The van der Waals surface area contributed by atoms with E-state index in [2.05, 4.69) is 40.3 Å². The van der Waals surface area contributed by atoms with E-state index >= 15 is 0 Å². The maximum absolute atomic E-state index is 12.8. The minimum absolute atomic E-state index is 0.0970. The molecule has 2 saturated carbocycles. The average Bonchev–Trinajstić information content (AvgIpc) is 3.50. The van der Waals surface area contributed by atoms with E-state index in [0.29, 0.717) is 18.4 Å². The van der Waals surface area contributed by atoms with Crippen LogP contribution in [0.4, 0.5) is 10.8 Å². The van der Waals surface area contributed by atoms with Gasteiger partial charge >= 0.3 is 0 Å². The number of amides is 1. The van der Waals surface area contributed by atoms with Gasteiger partial charge in [-0.2, -0.15) is 0 Å². The fraction of sp³-hybridized carbons (Fsp3) is 0.500. The van der Waals surface area contributed by atoms with Crippen molar-refractivity contribution in [2.24, 2.45) is 11.8 Å². The molecule has 0 atom stereocenters. The van der Waals surface area contributed by atoms with E-state index in [1.807, 2.05) is 17.6 Å². The lowest BCUT2D eigenvalue weighted by Gasteiger charge is -2.33. The topological polar surface area (TPSA) is 74.7 Å². The van der Waals surface area contributed by atoms with Gasteiger partial charge in [0.25, 0.3) is 0 Å². The second-order valence-corrected chi connectivity index (χ2v) is 12.2. The molecule has 5 rings (SSSR count). The van der Waals surface area contributed by atoms with Gasteiger partial charge in [0.1, 0.15) is 11.5 Å². The van der Waals surface area contributed by atoms with Crippen LogP contribution in [0.3, 0.4) is 0 Å². The first kappa shape index (κ1) is 27.5. The molecule has 208 valence electrons. The lowest BCUT2D eigenvalue weighted by Crippen LogP contribution is -2.31. The summed E-state index contributed by atoms with van der Waals surface area (Å²) in [5.74, 6) is 2.57. The number of carbonyl (C=O) groups excluding carboxylic acids is 1. The summed E-state index contributed by atoms with van der Waals surface area (Å²) in [6, 6.07) is 12.0. The SMILES string of the molecule is COc1ccc(C2CCC(CN(Cc3cc(NC(=O)C4CCCCC4)ccc3O)c3nccs3)CC2)cc1C. The van der Waals surface area contributed by atoms with E-state index in [9.17, 15) is 9.90 Å². The molecule has 0 radical (unpaired) electrons. The molecule has 6 nitrogen and oxygen atoms in total. The van der Waals surface area contributed by atoms with Crippen LogP contribution >= 0.6 is 11.3 Å². The molecule has 0 unspecified atom stereocenters. The van der Waals surface area contributed by atoms with E-state index < -0.39 is 0 Å². The summed E-state index contributed by atoms with van der Waals surface area (Å²) in [5, 5.41) is 16.8. The van der Waals surface area contributed by atoms with Gasteiger partial charge < -0.3 is 20.1 Å². The predicted molar refractivity (Wildman–Crippen MR) is 159 cm³/mol. The van der Waals surface area contributed by atoms with Gasteiger partial charge in [0.2, 0.25) is 5.91 Å². The van der Waals surface area contributed by atoms with Crippen LogP contribution in [-0.4, -0.2) is 29.7 Å². The molecule has 0 aliphatic heterocycles. The highest BCUT2D eigenvalue weighted by atomic mass is 32.1. The van der Waals surface area contributed by atoms with Gasteiger partial charge in [-0.3, -0.25) is 4.79 Å². The van der Waals surface area contributed by atoms with Crippen LogP contribution < -0.4 is 15.0 Å². The molecule has 1 aromatic heterocycles. The molecule has 39 heavy (non-hydrogen) atoms. The third-order valence-electron chi connectivity index (χ3n) is 8.59. The van der Waals surface area contributed by atoms with Crippen molar-refractivity contribution >= 4 is 28.1 Å². The summed E-state index contributed by atoms with van der Waals surface area (Å²) in [7, 11) is 1.73. The average molecular weight is 548 g/mol. The van der Waals surface area contributed by atoms with Crippen LogP contribution in [0, 0.1) is 18.8 Å². The third-order valence-corrected chi connectivity index (χ3v) is 9.42. The lowest BCUT2D eigenvalue weighted by atomic mass is 9.78. The third kappa shape index (κ3) is 6.93. The highest BCUT2D eigenvalue weighted by Crippen LogP contribution is 2.38. The molecular formula is C32H41N3O3S. The summed E-state index contributed by atoms with van der Waals surface area (Å²) >= 11 is 1.63. The number of ether oxygens (including phenoxy) is 1. The molecule has 7 heteroatoms. The van der Waals surface area contributed by atoms with Gasteiger partial charge in [-0.1, -0.05) is 31.4 Å².